The molecular formula is C13H9Br2IN2O3. The molecule has 1 aromatic carbocycles. The Labute approximate surface area is 151 Å². The standard InChI is InChI=1S/C13H9Br2IN2O3/c14-11-5-10(21-13(11)15)6-17-18-12(19)7-20-9-3-1-8(16)2-4-9/h1-6H,7H2,(H,18,19)/b17-6+. The number of amides is 1. The van der Waals surface area contributed by atoms with Gasteiger partial charge in [-0.1, -0.05) is 0 Å². The maximum Gasteiger partial charge on any atom is 0.277 e. The van der Waals surface area contributed by atoms with Crippen molar-refractivity contribution in [2.75, 3.05) is 6.61 Å². The van der Waals surface area contributed by atoms with Crippen molar-refractivity contribution in [2.45, 2.75) is 0 Å². The number of nitrogens with one attached hydrogen (secondary N) is 1. The largest absolute Gasteiger partial charge is 0.484 e. The smallest absolute Gasteiger partial charge is 0.277 e. The molecule has 1 N–H and O–H groups in total. The van der Waals surface area contributed by atoms with Crippen molar-refractivity contribution < 1.29 is 13.9 Å². The molecule has 1 amide bonds. The van der Waals surface area contributed by atoms with Gasteiger partial charge < -0.3 is 9.15 Å². The predicted molar refractivity (Wildman–Crippen MR) is 94.5 cm³/mol. The molecule has 21 heavy (non-hydrogen) atoms. The molecule has 0 atom stereocenters. The van der Waals surface area contributed by atoms with Crippen LogP contribution >= 0.6 is 54.5 Å². The minimum absolute atomic E-state index is 0.108. The van der Waals surface area contributed by atoms with Gasteiger partial charge in [-0.15, -0.1) is 0 Å². The van der Waals surface area contributed by atoms with Crippen LogP contribution in [0.3, 0.4) is 0 Å². The fourth-order valence-corrected chi connectivity index (χ4v) is 2.27. The van der Waals surface area contributed by atoms with Gasteiger partial charge >= 0.3 is 0 Å². The van der Waals surface area contributed by atoms with Crippen molar-refractivity contribution in [2.24, 2.45) is 5.10 Å². The predicted octanol–water partition coefficient (Wildman–Crippen LogP) is 3.94. The molecule has 110 valence electrons. The van der Waals surface area contributed by atoms with Gasteiger partial charge in [0.1, 0.15) is 11.5 Å². The normalized spacial score (nSPS) is 10.8. The van der Waals surface area contributed by atoms with Crippen molar-refractivity contribution >= 4 is 66.6 Å². The molecule has 2 rings (SSSR count). The van der Waals surface area contributed by atoms with E-state index in [1.807, 2.05) is 12.1 Å². The number of halogens is 3. The summed E-state index contributed by atoms with van der Waals surface area (Å²) in [6.45, 7) is -0.108. The Morgan fingerprint density at radius 1 is 1.38 bits per heavy atom. The van der Waals surface area contributed by atoms with Gasteiger partial charge in [0.05, 0.1) is 10.7 Å². The zero-order valence-corrected chi connectivity index (χ0v) is 15.8. The highest BCUT2D eigenvalue weighted by Gasteiger charge is 2.04. The lowest BCUT2D eigenvalue weighted by Crippen LogP contribution is -2.24. The fourth-order valence-electron chi connectivity index (χ4n) is 1.31. The number of carbonyl (C=O) groups is 1. The zero-order chi connectivity index (χ0) is 15.2. The summed E-state index contributed by atoms with van der Waals surface area (Å²) in [6, 6.07) is 9.13. The van der Waals surface area contributed by atoms with Crippen LogP contribution in [0.15, 0.2) is 49.0 Å². The average molecular weight is 528 g/mol. The number of nitrogens with zero attached hydrogens (tertiary/aromatic N) is 1. The Kier molecular flexibility index (Phi) is 6.24. The number of benzene rings is 1. The van der Waals surface area contributed by atoms with Crippen LogP contribution in [0, 0.1) is 3.57 Å². The molecule has 0 aliphatic heterocycles. The maximum absolute atomic E-state index is 11.5. The van der Waals surface area contributed by atoms with E-state index < -0.39 is 0 Å². The second-order valence-electron chi connectivity index (χ2n) is 3.81. The first-order chi connectivity index (χ1) is 10.0. The van der Waals surface area contributed by atoms with Crippen LogP contribution in [-0.2, 0) is 4.79 Å². The monoisotopic (exact) mass is 526 g/mol. The molecule has 0 radical (unpaired) electrons. The third-order valence-electron chi connectivity index (χ3n) is 2.23. The van der Waals surface area contributed by atoms with E-state index in [1.165, 1.54) is 6.21 Å². The van der Waals surface area contributed by atoms with Crippen LogP contribution in [0.25, 0.3) is 0 Å². The summed E-state index contributed by atoms with van der Waals surface area (Å²) in [4.78, 5) is 11.5. The first-order valence-corrected chi connectivity index (χ1v) is 8.36. The molecule has 1 aromatic heterocycles. The number of hydrogen-bond donors (Lipinski definition) is 1. The fraction of sp³-hybridized carbons (Fsp3) is 0.0769. The van der Waals surface area contributed by atoms with Gasteiger partial charge in [0.25, 0.3) is 5.91 Å². The van der Waals surface area contributed by atoms with E-state index in [2.05, 4.69) is 65.0 Å². The third kappa shape index (κ3) is 5.44. The highest BCUT2D eigenvalue weighted by molar-refractivity contribution is 14.1. The van der Waals surface area contributed by atoms with Crippen LogP contribution in [0.1, 0.15) is 5.76 Å². The highest BCUT2D eigenvalue weighted by Crippen LogP contribution is 2.25. The number of rotatable bonds is 5. The summed E-state index contributed by atoms with van der Waals surface area (Å²) >= 11 is 8.69. The van der Waals surface area contributed by atoms with E-state index in [1.54, 1.807) is 18.2 Å². The van der Waals surface area contributed by atoms with Gasteiger partial charge in [-0.2, -0.15) is 5.10 Å². The number of furan rings is 1. The van der Waals surface area contributed by atoms with Gasteiger partial charge in [-0.3, -0.25) is 4.79 Å². The molecule has 1 heterocycles. The quantitative estimate of drug-likeness (QED) is 0.364. The highest BCUT2D eigenvalue weighted by atomic mass is 127. The molecule has 8 heteroatoms. The molecule has 0 unspecified atom stereocenters. The van der Waals surface area contributed by atoms with E-state index in [-0.39, 0.29) is 12.5 Å². The lowest BCUT2D eigenvalue weighted by atomic mass is 10.3. The molecule has 0 saturated carbocycles. The molecule has 0 spiro atoms. The first-order valence-electron chi connectivity index (χ1n) is 5.69. The lowest BCUT2D eigenvalue weighted by molar-refractivity contribution is -0.123. The lowest BCUT2D eigenvalue weighted by Gasteiger charge is -2.04. The maximum atomic E-state index is 11.5. The minimum atomic E-state index is -0.352. The van der Waals surface area contributed by atoms with E-state index in [9.17, 15) is 4.79 Å². The second kappa shape index (κ2) is 7.95. The van der Waals surface area contributed by atoms with Crippen LogP contribution < -0.4 is 10.2 Å². The Morgan fingerprint density at radius 2 is 2.10 bits per heavy atom. The zero-order valence-electron chi connectivity index (χ0n) is 10.5. The van der Waals surface area contributed by atoms with Crippen molar-refractivity contribution in [3.05, 3.63) is 48.8 Å². The Morgan fingerprint density at radius 3 is 2.71 bits per heavy atom. The Bertz CT molecular complexity index is 636. The van der Waals surface area contributed by atoms with Gasteiger partial charge in [0.15, 0.2) is 11.3 Å². The van der Waals surface area contributed by atoms with Gasteiger partial charge in [-0.05, 0) is 78.7 Å². The molecule has 0 fully saturated rings. The van der Waals surface area contributed by atoms with Gasteiger partial charge in [0, 0.05) is 9.64 Å². The van der Waals surface area contributed by atoms with E-state index >= 15 is 0 Å². The summed E-state index contributed by atoms with van der Waals surface area (Å²) < 4.78 is 13.0. The summed E-state index contributed by atoms with van der Waals surface area (Å²) in [5.74, 6) is 0.788. The van der Waals surface area contributed by atoms with Crippen molar-refractivity contribution in [1.82, 2.24) is 5.43 Å². The molecule has 2 aromatic rings. The first kappa shape index (κ1) is 16.5. The van der Waals surface area contributed by atoms with Crippen LogP contribution in [0.4, 0.5) is 0 Å². The van der Waals surface area contributed by atoms with Crippen molar-refractivity contribution in [1.29, 1.82) is 0 Å². The molecule has 0 aliphatic carbocycles. The number of carbonyl (C=O) groups excluding carboxylic acids is 1. The molecule has 5 nitrogen and oxygen atoms in total. The van der Waals surface area contributed by atoms with Gasteiger partial charge in [-0.25, -0.2) is 5.43 Å². The van der Waals surface area contributed by atoms with Crippen LogP contribution in [0.5, 0.6) is 5.75 Å². The number of hydrazone groups is 1. The summed E-state index contributed by atoms with van der Waals surface area (Å²) in [5, 5.41) is 3.78. The van der Waals surface area contributed by atoms with E-state index in [0.717, 1.165) is 8.04 Å². The molecule has 0 bridgehead atoms. The SMILES string of the molecule is O=C(COc1ccc(I)cc1)N/N=C/c1cc(Br)c(Br)o1. The second-order valence-corrected chi connectivity index (χ2v) is 6.63. The van der Waals surface area contributed by atoms with Crippen LogP contribution in [0.2, 0.25) is 0 Å². The Hall–Kier alpha value is -0.870. The van der Waals surface area contributed by atoms with E-state index in [0.29, 0.717) is 16.2 Å². The van der Waals surface area contributed by atoms with Crippen molar-refractivity contribution in [3.63, 3.8) is 0 Å². The summed E-state index contributed by atoms with van der Waals surface area (Å²) in [5.41, 5.74) is 2.35. The number of hydrogen-bond acceptors (Lipinski definition) is 4. The molecule has 0 aliphatic rings. The topological polar surface area (TPSA) is 63.8 Å². The third-order valence-corrected chi connectivity index (χ3v) is 4.66. The summed E-state index contributed by atoms with van der Waals surface area (Å²) in [7, 11) is 0. The number of ether oxygens (including phenoxy) is 1. The van der Waals surface area contributed by atoms with Crippen LogP contribution in [-0.4, -0.2) is 18.7 Å². The van der Waals surface area contributed by atoms with Gasteiger partial charge in [0.2, 0.25) is 0 Å². The summed E-state index contributed by atoms with van der Waals surface area (Å²) in [6.07, 6.45) is 1.40. The minimum Gasteiger partial charge on any atom is -0.484 e. The molecular weight excluding hydrogens is 519 g/mol. The van der Waals surface area contributed by atoms with Crippen molar-refractivity contribution in [3.8, 4) is 5.75 Å². The average Bonchev–Trinajstić information content (AvgIpc) is 2.77. The van der Waals surface area contributed by atoms with E-state index in [4.69, 9.17) is 9.15 Å². The molecule has 0 saturated heterocycles. The Balaban J connectivity index is 1.78.